The molecule has 0 radical (unpaired) electrons. The maximum Gasteiger partial charge on any atom is 0.225 e. The highest BCUT2D eigenvalue weighted by Gasteiger charge is 2.21. The van der Waals surface area contributed by atoms with E-state index < -0.39 is 0 Å². The van der Waals surface area contributed by atoms with Crippen LogP contribution in [0.2, 0.25) is 0 Å². The fourth-order valence-corrected chi connectivity index (χ4v) is 2.22. The summed E-state index contributed by atoms with van der Waals surface area (Å²) in [6, 6.07) is 2.30. The fraction of sp³-hybridized carbons (Fsp3) is 0.545. The normalized spacial score (nSPS) is 16.3. The van der Waals surface area contributed by atoms with Gasteiger partial charge in [-0.05, 0) is 18.9 Å². The molecule has 2 rings (SSSR count). The van der Waals surface area contributed by atoms with Gasteiger partial charge in [0.05, 0.1) is 0 Å². The van der Waals surface area contributed by atoms with Gasteiger partial charge >= 0.3 is 0 Å². The Morgan fingerprint density at radius 3 is 2.81 bits per heavy atom. The van der Waals surface area contributed by atoms with Crippen molar-refractivity contribution in [2.24, 2.45) is 5.73 Å². The summed E-state index contributed by atoms with van der Waals surface area (Å²) in [5.41, 5.74) is 6.20. The average Bonchev–Trinajstić information content (AvgIpc) is 2.81. The van der Waals surface area contributed by atoms with Gasteiger partial charge < -0.3 is 10.6 Å². The van der Waals surface area contributed by atoms with E-state index in [1.165, 1.54) is 25.7 Å². The van der Waals surface area contributed by atoms with Crippen LogP contribution < -0.4 is 10.6 Å². The van der Waals surface area contributed by atoms with E-state index in [4.69, 9.17) is 18.0 Å². The fourth-order valence-electron chi connectivity index (χ4n) is 2.11. The molecule has 1 fully saturated rings. The summed E-state index contributed by atoms with van der Waals surface area (Å²) >= 11 is 4.91. The van der Waals surface area contributed by atoms with Crippen molar-refractivity contribution in [1.29, 1.82) is 0 Å². The van der Waals surface area contributed by atoms with Crippen molar-refractivity contribution in [1.82, 2.24) is 9.97 Å². The minimum atomic E-state index is 0.323. The number of anilines is 1. The summed E-state index contributed by atoms with van der Waals surface area (Å²) in [7, 11) is 2.04. The molecular formula is C11H16N4S. The van der Waals surface area contributed by atoms with Crippen molar-refractivity contribution < 1.29 is 0 Å². The molecule has 2 N–H and O–H groups in total. The SMILES string of the molecule is CN(c1nccc(C(N)=S)n1)C1CCCC1. The van der Waals surface area contributed by atoms with Crippen LogP contribution in [0.4, 0.5) is 5.95 Å². The molecule has 0 saturated heterocycles. The molecule has 1 heterocycles. The lowest BCUT2D eigenvalue weighted by Gasteiger charge is -2.24. The molecule has 4 nitrogen and oxygen atoms in total. The molecule has 1 saturated carbocycles. The quantitative estimate of drug-likeness (QED) is 0.806. The van der Waals surface area contributed by atoms with Crippen molar-refractivity contribution in [3.63, 3.8) is 0 Å². The van der Waals surface area contributed by atoms with E-state index in [0.29, 0.717) is 16.7 Å². The van der Waals surface area contributed by atoms with Gasteiger partial charge in [0, 0.05) is 19.3 Å². The van der Waals surface area contributed by atoms with Gasteiger partial charge in [-0.1, -0.05) is 25.1 Å². The third-order valence-corrected chi connectivity index (χ3v) is 3.29. The molecule has 0 atom stereocenters. The molecule has 0 aliphatic heterocycles. The number of rotatable bonds is 3. The van der Waals surface area contributed by atoms with Crippen LogP contribution in [0, 0.1) is 0 Å². The van der Waals surface area contributed by atoms with Crippen molar-refractivity contribution >= 4 is 23.2 Å². The average molecular weight is 236 g/mol. The number of hydrogen-bond acceptors (Lipinski definition) is 4. The summed E-state index contributed by atoms with van der Waals surface area (Å²) in [6.45, 7) is 0. The first-order valence-corrected chi connectivity index (χ1v) is 5.95. The molecule has 86 valence electrons. The summed E-state index contributed by atoms with van der Waals surface area (Å²) in [5.74, 6) is 0.720. The lowest BCUT2D eigenvalue weighted by molar-refractivity contribution is 0.638. The first-order chi connectivity index (χ1) is 7.68. The first kappa shape index (κ1) is 11.3. The third-order valence-electron chi connectivity index (χ3n) is 3.08. The predicted molar refractivity (Wildman–Crippen MR) is 68.6 cm³/mol. The van der Waals surface area contributed by atoms with E-state index in [2.05, 4.69) is 14.9 Å². The lowest BCUT2D eigenvalue weighted by Crippen LogP contribution is -2.31. The predicted octanol–water partition coefficient (Wildman–Crippen LogP) is 1.49. The molecular weight excluding hydrogens is 220 g/mol. The van der Waals surface area contributed by atoms with Gasteiger partial charge in [0.2, 0.25) is 5.95 Å². The molecule has 0 spiro atoms. The van der Waals surface area contributed by atoms with E-state index in [0.717, 1.165) is 5.95 Å². The lowest BCUT2D eigenvalue weighted by atomic mass is 10.2. The second kappa shape index (κ2) is 4.74. The van der Waals surface area contributed by atoms with Gasteiger partial charge in [0.25, 0.3) is 0 Å². The zero-order valence-electron chi connectivity index (χ0n) is 9.39. The summed E-state index contributed by atoms with van der Waals surface area (Å²) < 4.78 is 0. The van der Waals surface area contributed by atoms with Gasteiger partial charge in [-0.25, -0.2) is 9.97 Å². The standard InChI is InChI=1S/C11H16N4S/c1-15(8-4-2-3-5-8)11-13-7-6-9(14-11)10(12)16/h6-8H,2-5H2,1H3,(H2,12,16). The smallest absolute Gasteiger partial charge is 0.225 e. The number of hydrogen-bond donors (Lipinski definition) is 1. The van der Waals surface area contributed by atoms with E-state index >= 15 is 0 Å². The van der Waals surface area contributed by atoms with Gasteiger partial charge in [-0.2, -0.15) is 0 Å². The Morgan fingerprint density at radius 2 is 2.19 bits per heavy atom. The molecule has 1 aliphatic rings. The highest BCUT2D eigenvalue weighted by molar-refractivity contribution is 7.80. The maximum absolute atomic E-state index is 5.56. The van der Waals surface area contributed by atoms with Crippen LogP contribution in [0.5, 0.6) is 0 Å². The van der Waals surface area contributed by atoms with Crippen molar-refractivity contribution in [2.75, 3.05) is 11.9 Å². The Kier molecular flexibility index (Phi) is 3.33. The van der Waals surface area contributed by atoms with Gasteiger partial charge in [-0.3, -0.25) is 0 Å². The number of thiocarbonyl (C=S) groups is 1. The van der Waals surface area contributed by atoms with E-state index in [9.17, 15) is 0 Å². The number of nitrogens with two attached hydrogens (primary N) is 1. The summed E-state index contributed by atoms with van der Waals surface area (Å²) in [4.78, 5) is 11.1. The highest BCUT2D eigenvalue weighted by atomic mass is 32.1. The zero-order valence-corrected chi connectivity index (χ0v) is 10.2. The van der Waals surface area contributed by atoms with Crippen LogP contribution in [-0.4, -0.2) is 28.0 Å². The Morgan fingerprint density at radius 1 is 1.50 bits per heavy atom. The Hall–Kier alpha value is -1.23. The Balaban J connectivity index is 2.18. The maximum atomic E-state index is 5.56. The first-order valence-electron chi connectivity index (χ1n) is 5.54. The number of nitrogens with zero attached hydrogens (tertiary/aromatic N) is 3. The van der Waals surface area contributed by atoms with Gasteiger partial charge in [0.1, 0.15) is 10.7 Å². The molecule has 0 aromatic carbocycles. The van der Waals surface area contributed by atoms with E-state index in [-0.39, 0.29) is 0 Å². The van der Waals surface area contributed by atoms with Crippen molar-refractivity contribution in [3.05, 3.63) is 18.0 Å². The van der Waals surface area contributed by atoms with Crippen LogP contribution in [0.3, 0.4) is 0 Å². The van der Waals surface area contributed by atoms with Crippen LogP contribution >= 0.6 is 12.2 Å². The second-order valence-corrected chi connectivity index (χ2v) is 4.60. The van der Waals surface area contributed by atoms with Crippen molar-refractivity contribution in [3.8, 4) is 0 Å². The minimum absolute atomic E-state index is 0.323. The van der Waals surface area contributed by atoms with Gasteiger partial charge in [0.15, 0.2) is 0 Å². The molecule has 1 aliphatic carbocycles. The molecule has 0 unspecified atom stereocenters. The van der Waals surface area contributed by atoms with Gasteiger partial charge in [-0.15, -0.1) is 0 Å². The Labute approximate surface area is 101 Å². The molecule has 5 heteroatoms. The monoisotopic (exact) mass is 236 g/mol. The van der Waals surface area contributed by atoms with E-state index in [1.54, 1.807) is 12.3 Å². The van der Waals surface area contributed by atoms with Crippen LogP contribution in [0.15, 0.2) is 12.3 Å². The van der Waals surface area contributed by atoms with Crippen LogP contribution in [-0.2, 0) is 0 Å². The number of aromatic nitrogens is 2. The topological polar surface area (TPSA) is 55.0 Å². The van der Waals surface area contributed by atoms with Crippen LogP contribution in [0.1, 0.15) is 31.4 Å². The van der Waals surface area contributed by atoms with Crippen molar-refractivity contribution in [2.45, 2.75) is 31.7 Å². The zero-order chi connectivity index (χ0) is 11.5. The third kappa shape index (κ3) is 2.29. The highest BCUT2D eigenvalue weighted by Crippen LogP contribution is 2.24. The Bertz CT molecular complexity index is 387. The molecule has 1 aromatic heterocycles. The minimum Gasteiger partial charge on any atom is -0.388 e. The van der Waals surface area contributed by atoms with Crippen LogP contribution in [0.25, 0.3) is 0 Å². The van der Waals surface area contributed by atoms with E-state index in [1.807, 2.05) is 7.05 Å². The summed E-state index contributed by atoms with van der Waals surface area (Å²) in [6.07, 6.45) is 6.74. The molecule has 1 aromatic rings. The second-order valence-electron chi connectivity index (χ2n) is 4.16. The molecule has 0 bridgehead atoms. The summed E-state index contributed by atoms with van der Waals surface area (Å²) in [5, 5.41) is 0. The largest absolute Gasteiger partial charge is 0.388 e. The molecule has 0 amide bonds. The molecule has 16 heavy (non-hydrogen) atoms.